The highest BCUT2D eigenvalue weighted by atomic mass is 35.5. The number of ether oxygens (including phenoxy) is 1. The average Bonchev–Trinajstić information content (AvgIpc) is 3.02. The van der Waals surface area contributed by atoms with Gasteiger partial charge in [0.25, 0.3) is 0 Å². The molecule has 0 spiro atoms. The van der Waals surface area contributed by atoms with E-state index in [1.165, 1.54) is 16.4 Å². The first-order valence-corrected chi connectivity index (χ1v) is 9.87. The van der Waals surface area contributed by atoms with Gasteiger partial charge in [-0.05, 0) is 49.2 Å². The van der Waals surface area contributed by atoms with Crippen molar-refractivity contribution >= 4 is 35.0 Å². The number of aryl methyl sites for hydroxylation is 2. The van der Waals surface area contributed by atoms with Gasteiger partial charge in [-0.1, -0.05) is 41.6 Å². The summed E-state index contributed by atoms with van der Waals surface area (Å²) in [6, 6.07) is 12.9. The number of nitrogens with two attached hydrogens (primary N) is 1. The molecule has 1 aromatic heterocycles. The second-order valence-electron chi connectivity index (χ2n) is 6.12. The van der Waals surface area contributed by atoms with Crippen LogP contribution in [-0.4, -0.2) is 26.5 Å². The van der Waals surface area contributed by atoms with Crippen LogP contribution in [0.25, 0.3) is 0 Å². The van der Waals surface area contributed by atoms with Crippen molar-refractivity contribution in [2.75, 3.05) is 16.9 Å². The third-order valence-corrected chi connectivity index (χ3v) is 5.19. The first kappa shape index (κ1) is 20.0. The van der Waals surface area contributed by atoms with Crippen LogP contribution < -0.4 is 15.9 Å². The van der Waals surface area contributed by atoms with Crippen molar-refractivity contribution in [2.45, 2.75) is 25.6 Å². The summed E-state index contributed by atoms with van der Waals surface area (Å²) < 4.78 is 6.95. The number of nitrogens with one attached hydrogen (secondary N) is 1. The van der Waals surface area contributed by atoms with Crippen LogP contribution in [-0.2, 0) is 11.4 Å². The first-order valence-electron chi connectivity index (χ1n) is 8.50. The molecule has 0 atom stereocenters. The number of amides is 1. The zero-order chi connectivity index (χ0) is 20.1. The quantitative estimate of drug-likeness (QED) is 0.450. The van der Waals surface area contributed by atoms with Crippen molar-refractivity contribution in [1.29, 1.82) is 0 Å². The number of thioether (sulfide) groups is 1. The summed E-state index contributed by atoms with van der Waals surface area (Å²) in [5.74, 6) is 7.15. The molecule has 0 saturated heterocycles. The molecule has 0 aliphatic carbocycles. The Hall–Kier alpha value is -2.71. The van der Waals surface area contributed by atoms with Gasteiger partial charge in [0.1, 0.15) is 12.4 Å². The second kappa shape index (κ2) is 8.99. The van der Waals surface area contributed by atoms with Gasteiger partial charge in [0.05, 0.1) is 5.75 Å². The zero-order valence-corrected chi connectivity index (χ0v) is 17.0. The topological polar surface area (TPSA) is 95.1 Å². The van der Waals surface area contributed by atoms with Crippen molar-refractivity contribution in [3.8, 4) is 5.75 Å². The Labute approximate surface area is 172 Å². The van der Waals surface area contributed by atoms with Crippen molar-refractivity contribution < 1.29 is 9.53 Å². The fourth-order valence-electron chi connectivity index (χ4n) is 2.50. The Morgan fingerprint density at radius 2 is 1.86 bits per heavy atom. The van der Waals surface area contributed by atoms with E-state index >= 15 is 0 Å². The smallest absolute Gasteiger partial charge is 0.234 e. The summed E-state index contributed by atoms with van der Waals surface area (Å²) in [7, 11) is 0. The number of aromatic nitrogens is 3. The van der Waals surface area contributed by atoms with E-state index in [0.29, 0.717) is 21.8 Å². The van der Waals surface area contributed by atoms with Crippen molar-refractivity contribution in [3.05, 3.63) is 64.4 Å². The van der Waals surface area contributed by atoms with Crippen molar-refractivity contribution in [1.82, 2.24) is 14.9 Å². The van der Waals surface area contributed by atoms with Gasteiger partial charge in [0.2, 0.25) is 11.1 Å². The normalized spacial score (nSPS) is 10.7. The number of hydrogen-bond acceptors (Lipinski definition) is 6. The monoisotopic (exact) mass is 417 g/mol. The highest BCUT2D eigenvalue weighted by Gasteiger charge is 2.14. The molecule has 0 aliphatic heterocycles. The Morgan fingerprint density at radius 1 is 1.18 bits per heavy atom. The summed E-state index contributed by atoms with van der Waals surface area (Å²) >= 11 is 7.06. The number of benzene rings is 2. The molecule has 3 aromatic rings. The van der Waals surface area contributed by atoms with Gasteiger partial charge in [0.15, 0.2) is 5.82 Å². The molecule has 0 aliphatic rings. The van der Waals surface area contributed by atoms with Crippen LogP contribution >= 0.6 is 23.4 Å². The number of halogens is 1. The third kappa shape index (κ3) is 4.96. The van der Waals surface area contributed by atoms with Crippen LogP contribution in [0.5, 0.6) is 5.75 Å². The lowest BCUT2D eigenvalue weighted by Gasteiger charge is -2.11. The number of rotatable bonds is 7. The lowest BCUT2D eigenvalue weighted by atomic mass is 10.1. The molecule has 0 saturated carbocycles. The van der Waals surface area contributed by atoms with Crippen LogP contribution in [0.4, 0.5) is 5.69 Å². The molecule has 0 bridgehead atoms. The Kier molecular flexibility index (Phi) is 6.43. The van der Waals surface area contributed by atoms with Gasteiger partial charge in [-0.15, -0.1) is 10.2 Å². The minimum absolute atomic E-state index is 0.135. The number of carbonyl (C=O) groups is 1. The number of anilines is 1. The molecule has 146 valence electrons. The molecule has 3 N–H and O–H groups in total. The lowest BCUT2D eigenvalue weighted by Crippen LogP contribution is -2.18. The molecular formula is C19H20ClN5O2S. The molecule has 3 rings (SSSR count). The Bertz CT molecular complexity index is 955. The molecule has 7 nitrogen and oxygen atoms in total. The predicted molar refractivity (Wildman–Crippen MR) is 111 cm³/mol. The predicted octanol–water partition coefficient (Wildman–Crippen LogP) is 3.57. The van der Waals surface area contributed by atoms with E-state index in [9.17, 15) is 4.79 Å². The molecule has 9 heteroatoms. The van der Waals surface area contributed by atoms with Crippen molar-refractivity contribution in [2.24, 2.45) is 0 Å². The zero-order valence-electron chi connectivity index (χ0n) is 15.5. The van der Waals surface area contributed by atoms with Crippen LogP contribution in [0.15, 0.2) is 47.6 Å². The maximum absolute atomic E-state index is 12.3. The third-order valence-electron chi connectivity index (χ3n) is 3.99. The number of para-hydroxylation sites is 1. The fourth-order valence-corrected chi connectivity index (χ4v) is 3.30. The van der Waals surface area contributed by atoms with Crippen LogP contribution in [0.2, 0.25) is 5.02 Å². The van der Waals surface area contributed by atoms with Gasteiger partial charge in [-0.2, -0.15) is 0 Å². The molecule has 28 heavy (non-hydrogen) atoms. The maximum atomic E-state index is 12.3. The summed E-state index contributed by atoms with van der Waals surface area (Å²) in [5, 5.41) is 12.0. The number of nitrogen functional groups attached to an aromatic ring is 1. The summed E-state index contributed by atoms with van der Waals surface area (Å²) in [4.78, 5) is 12.3. The summed E-state index contributed by atoms with van der Waals surface area (Å²) in [6.07, 6.45) is 0. The summed E-state index contributed by atoms with van der Waals surface area (Å²) in [5.41, 5.74) is 2.86. The second-order valence-corrected chi connectivity index (χ2v) is 7.49. The lowest BCUT2D eigenvalue weighted by molar-refractivity contribution is -0.113. The molecule has 1 amide bonds. The molecule has 1 heterocycles. The fraction of sp³-hybridized carbons (Fsp3) is 0.211. The van der Waals surface area contributed by atoms with Gasteiger partial charge < -0.3 is 15.9 Å². The highest BCUT2D eigenvalue weighted by Crippen LogP contribution is 2.21. The Balaban J connectivity index is 1.55. The first-order chi connectivity index (χ1) is 13.4. The van der Waals surface area contributed by atoms with Gasteiger partial charge >= 0.3 is 0 Å². The van der Waals surface area contributed by atoms with E-state index < -0.39 is 0 Å². The van der Waals surface area contributed by atoms with Crippen LogP contribution in [0.1, 0.15) is 17.0 Å². The SMILES string of the molecule is Cc1cccc(C)c1NC(=O)CSc1nnc(COc2ccc(Cl)cc2)n1N. The van der Waals surface area contributed by atoms with Gasteiger partial charge in [0, 0.05) is 10.7 Å². The largest absolute Gasteiger partial charge is 0.486 e. The van der Waals surface area contributed by atoms with E-state index in [0.717, 1.165) is 16.8 Å². The minimum atomic E-state index is -0.135. The minimum Gasteiger partial charge on any atom is -0.486 e. The Morgan fingerprint density at radius 3 is 2.54 bits per heavy atom. The average molecular weight is 418 g/mol. The van der Waals surface area contributed by atoms with Gasteiger partial charge in [-0.3, -0.25) is 4.79 Å². The van der Waals surface area contributed by atoms with Crippen LogP contribution in [0.3, 0.4) is 0 Å². The van der Waals surface area contributed by atoms with E-state index in [1.54, 1.807) is 24.3 Å². The summed E-state index contributed by atoms with van der Waals surface area (Å²) in [6.45, 7) is 4.07. The van der Waals surface area contributed by atoms with Gasteiger partial charge in [-0.25, -0.2) is 4.68 Å². The number of nitrogens with zero attached hydrogens (tertiary/aromatic N) is 3. The van der Waals surface area contributed by atoms with E-state index in [1.807, 2.05) is 32.0 Å². The van der Waals surface area contributed by atoms with E-state index in [-0.39, 0.29) is 18.3 Å². The molecule has 2 aromatic carbocycles. The number of carbonyl (C=O) groups excluding carboxylic acids is 1. The van der Waals surface area contributed by atoms with E-state index in [4.69, 9.17) is 22.2 Å². The van der Waals surface area contributed by atoms with Crippen LogP contribution in [0, 0.1) is 13.8 Å². The van der Waals surface area contributed by atoms with E-state index in [2.05, 4.69) is 15.5 Å². The molecule has 0 fully saturated rings. The molecular weight excluding hydrogens is 398 g/mol. The van der Waals surface area contributed by atoms with Crippen molar-refractivity contribution in [3.63, 3.8) is 0 Å². The highest BCUT2D eigenvalue weighted by molar-refractivity contribution is 7.99. The molecule has 0 unspecified atom stereocenters. The molecule has 0 radical (unpaired) electrons. The number of hydrogen-bond donors (Lipinski definition) is 2. The maximum Gasteiger partial charge on any atom is 0.234 e. The standard InChI is InChI=1S/C19H20ClN5O2S/c1-12-4-3-5-13(2)18(12)22-17(26)11-28-19-24-23-16(25(19)21)10-27-15-8-6-14(20)7-9-15/h3-9H,10-11,21H2,1-2H3,(H,22,26).